The Morgan fingerprint density at radius 1 is 1.36 bits per heavy atom. The third-order valence-corrected chi connectivity index (χ3v) is 3.54. The zero-order valence-electron chi connectivity index (χ0n) is 5.90. The van der Waals surface area contributed by atoms with E-state index in [0.717, 1.165) is 12.8 Å². The van der Waals surface area contributed by atoms with Gasteiger partial charge in [0.25, 0.3) is 0 Å². The minimum absolute atomic E-state index is 0.265. The fraction of sp³-hybridized carbons (Fsp3) is 1.00. The highest BCUT2D eigenvalue weighted by molar-refractivity contribution is 6.50. The Bertz CT molecular complexity index is 171. The van der Waals surface area contributed by atoms with Crippen molar-refractivity contribution in [2.75, 3.05) is 5.88 Å². The summed E-state index contributed by atoms with van der Waals surface area (Å²) in [7, 11) is 0. The second-order valence-corrected chi connectivity index (χ2v) is 5.12. The zero-order valence-corrected chi connectivity index (χ0v) is 8.16. The molecule has 0 spiro atoms. The molecule has 0 radical (unpaired) electrons. The molecule has 1 nitrogen and oxygen atoms in total. The standard InChI is InChI=1S/C7H9Cl3O/c8-3-6-5(11-6)1-4-2-7(4,9)10/h4-6H,1-3H2. The zero-order chi connectivity index (χ0) is 8.06. The lowest BCUT2D eigenvalue weighted by Gasteiger charge is -1.94. The first-order valence-corrected chi connectivity index (χ1v) is 5.02. The highest BCUT2D eigenvalue weighted by Crippen LogP contribution is 2.56. The molecule has 1 aliphatic carbocycles. The maximum absolute atomic E-state index is 5.85. The van der Waals surface area contributed by atoms with Gasteiger partial charge in [-0.25, -0.2) is 0 Å². The third kappa shape index (κ3) is 1.77. The number of hydrogen-bond acceptors (Lipinski definition) is 1. The van der Waals surface area contributed by atoms with E-state index in [0.29, 0.717) is 17.9 Å². The van der Waals surface area contributed by atoms with E-state index in [2.05, 4.69) is 0 Å². The highest BCUT2D eigenvalue weighted by atomic mass is 35.5. The van der Waals surface area contributed by atoms with Crippen molar-refractivity contribution in [3.8, 4) is 0 Å². The number of halogens is 3. The molecular formula is C7H9Cl3O. The molecule has 1 heterocycles. The summed E-state index contributed by atoms with van der Waals surface area (Å²) in [4.78, 5) is 0. The molecule has 64 valence electrons. The summed E-state index contributed by atoms with van der Waals surface area (Å²) >= 11 is 17.3. The summed E-state index contributed by atoms with van der Waals surface area (Å²) < 4.78 is 4.81. The molecule has 1 aliphatic heterocycles. The molecule has 1 saturated carbocycles. The van der Waals surface area contributed by atoms with Crippen LogP contribution in [0.25, 0.3) is 0 Å². The Balaban J connectivity index is 1.70. The molecule has 3 atom stereocenters. The molecule has 2 rings (SSSR count). The molecular weight excluding hydrogens is 206 g/mol. The molecule has 4 heteroatoms. The summed E-state index contributed by atoms with van der Waals surface area (Å²) in [6.45, 7) is 0. The summed E-state index contributed by atoms with van der Waals surface area (Å²) in [5, 5.41) is 0. The fourth-order valence-electron chi connectivity index (χ4n) is 1.33. The van der Waals surface area contributed by atoms with Crippen molar-refractivity contribution in [3.05, 3.63) is 0 Å². The Morgan fingerprint density at radius 3 is 2.36 bits per heavy atom. The van der Waals surface area contributed by atoms with E-state index < -0.39 is 4.33 Å². The minimum Gasteiger partial charge on any atom is -0.368 e. The highest BCUT2D eigenvalue weighted by Gasteiger charge is 2.55. The van der Waals surface area contributed by atoms with Crippen LogP contribution in [0.15, 0.2) is 0 Å². The van der Waals surface area contributed by atoms with Gasteiger partial charge in [-0.05, 0) is 18.8 Å². The Morgan fingerprint density at radius 2 is 2.00 bits per heavy atom. The van der Waals surface area contributed by atoms with Gasteiger partial charge in [0, 0.05) is 0 Å². The average Bonchev–Trinajstić information content (AvgIpc) is 2.76. The van der Waals surface area contributed by atoms with Crippen molar-refractivity contribution >= 4 is 34.8 Å². The van der Waals surface area contributed by atoms with Crippen LogP contribution in [0.2, 0.25) is 0 Å². The summed E-state index contributed by atoms with van der Waals surface area (Å²) in [5.74, 6) is 1.03. The largest absolute Gasteiger partial charge is 0.368 e. The normalized spacial score (nSPS) is 45.5. The van der Waals surface area contributed by atoms with Crippen LogP contribution >= 0.6 is 34.8 Å². The molecule has 0 bridgehead atoms. The number of ether oxygens (including phenoxy) is 1. The van der Waals surface area contributed by atoms with Gasteiger partial charge in [-0.1, -0.05) is 0 Å². The van der Waals surface area contributed by atoms with Crippen molar-refractivity contribution in [2.24, 2.45) is 5.92 Å². The Hall–Kier alpha value is 0.830. The number of rotatable bonds is 3. The first kappa shape index (κ1) is 8.43. The van der Waals surface area contributed by atoms with Crippen LogP contribution in [0.5, 0.6) is 0 Å². The van der Waals surface area contributed by atoms with Crippen LogP contribution in [0, 0.1) is 5.92 Å². The van der Waals surface area contributed by atoms with Gasteiger partial charge in [0.05, 0.1) is 18.1 Å². The van der Waals surface area contributed by atoms with Gasteiger partial charge >= 0.3 is 0 Å². The maximum Gasteiger partial charge on any atom is 0.121 e. The molecule has 0 N–H and O–H groups in total. The van der Waals surface area contributed by atoms with E-state index in [1.54, 1.807) is 0 Å². The van der Waals surface area contributed by atoms with Crippen molar-refractivity contribution in [1.82, 2.24) is 0 Å². The van der Waals surface area contributed by atoms with Crippen LogP contribution in [0.1, 0.15) is 12.8 Å². The molecule has 0 aromatic carbocycles. The van der Waals surface area contributed by atoms with E-state index >= 15 is 0 Å². The van der Waals surface area contributed by atoms with Crippen molar-refractivity contribution in [1.29, 1.82) is 0 Å². The van der Waals surface area contributed by atoms with Gasteiger partial charge in [0.1, 0.15) is 4.33 Å². The second-order valence-electron chi connectivity index (χ2n) is 3.27. The molecule has 11 heavy (non-hydrogen) atoms. The van der Waals surface area contributed by atoms with Crippen LogP contribution in [-0.2, 0) is 4.74 Å². The van der Waals surface area contributed by atoms with Crippen molar-refractivity contribution in [2.45, 2.75) is 29.4 Å². The van der Waals surface area contributed by atoms with E-state index in [9.17, 15) is 0 Å². The van der Waals surface area contributed by atoms with E-state index in [1.807, 2.05) is 0 Å². The lowest BCUT2D eigenvalue weighted by Crippen LogP contribution is -1.99. The smallest absolute Gasteiger partial charge is 0.121 e. The SMILES string of the molecule is ClCC1OC1CC1CC1(Cl)Cl. The number of alkyl halides is 3. The van der Waals surface area contributed by atoms with Crippen LogP contribution < -0.4 is 0 Å². The number of epoxide rings is 1. The number of hydrogen-bond donors (Lipinski definition) is 0. The predicted octanol–water partition coefficient (Wildman–Crippen LogP) is 2.58. The summed E-state index contributed by atoms with van der Waals surface area (Å²) in [6.07, 6.45) is 2.48. The topological polar surface area (TPSA) is 12.5 Å². The molecule has 2 fully saturated rings. The second kappa shape index (κ2) is 2.66. The molecule has 0 amide bonds. The molecule has 3 unspecified atom stereocenters. The van der Waals surface area contributed by atoms with Gasteiger partial charge in [-0.2, -0.15) is 0 Å². The Kier molecular flexibility index (Phi) is 2.04. The van der Waals surface area contributed by atoms with E-state index in [4.69, 9.17) is 39.5 Å². The van der Waals surface area contributed by atoms with Crippen LogP contribution in [-0.4, -0.2) is 22.4 Å². The van der Waals surface area contributed by atoms with E-state index in [1.165, 1.54) is 0 Å². The van der Waals surface area contributed by atoms with Crippen molar-refractivity contribution in [3.63, 3.8) is 0 Å². The molecule has 0 aromatic rings. The van der Waals surface area contributed by atoms with Gasteiger partial charge < -0.3 is 4.74 Å². The van der Waals surface area contributed by atoms with Crippen LogP contribution in [0.4, 0.5) is 0 Å². The minimum atomic E-state index is -0.456. The summed E-state index contributed by atoms with van der Waals surface area (Å²) in [6, 6.07) is 0. The monoisotopic (exact) mass is 214 g/mol. The third-order valence-electron chi connectivity index (χ3n) is 2.31. The molecule has 0 aromatic heterocycles. The van der Waals surface area contributed by atoms with Gasteiger partial charge in [-0.15, -0.1) is 34.8 Å². The van der Waals surface area contributed by atoms with Crippen LogP contribution in [0.3, 0.4) is 0 Å². The molecule has 1 saturated heterocycles. The first-order chi connectivity index (χ1) is 5.13. The average molecular weight is 216 g/mol. The fourth-order valence-corrected chi connectivity index (χ4v) is 2.15. The van der Waals surface area contributed by atoms with Gasteiger partial charge in [0.15, 0.2) is 0 Å². The maximum atomic E-state index is 5.85. The summed E-state index contributed by atoms with van der Waals surface area (Å²) in [5.41, 5.74) is 0. The first-order valence-electron chi connectivity index (χ1n) is 3.73. The van der Waals surface area contributed by atoms with Gasteiger partial charge in [0.2, 0.25) is 0 Å². The van der Waals surface area contributed by atoms with E-state index in [-0.39, 0.29) is 6.10 Å². The lowest BCUT2D eigenvalue weighted by atomic mass is 10.2. The van der Waals surface area contributed by atoms with Crippen molar-refractivity contribution < 1.29 is 4.74 Å². The predicted molar refractivity (Wildman–Crippen MR) is 46.5 cm³/mol. The quantitative estimate of drug-likeness (QED) is 0.521. The Labute approximate surface area is 80.9 Å². The lowest BCUT2D eigenvalue weighted by molar-refractivity contribution is 0.364. The van der Waals surface area contributed by atoms with Gasteiger partial charge in [-0.3, -0.25) is 0 Å². The molecule has 2 aliphatic rings.